The van der Waals surface area contributed by atoms with Crippen molar-refractivity contribution >= 4 is 5.91 Å². The molecule has 4 nitrogen and oxygen atoms in total. The topological polar surface area (TPSA) is 32.8 Å². The molecular weight excluding hydrogens is 295 g/mol. The van der Waals surface area contributed by atoms with Gasteiger partial charge in [-0.1, -0.05) is 19.1 Å². The fourth-order valence-corrected chi connectivity index (χ4v) is 3.87. The molecule has 0 aliphatic carbocycles. The molecule has 3 rings (SSSR count). The van der Waals surface area contributed by atoms with Crippen molar-refractivity contribution in [2.24, 2.45) is 11.3 Å². The Morgan fingerprint density at radius 1 is 1.35 bits per heavy atom. The van der Waals surface area contributed by atoms with E-state index in [1.165, 1.54) is 12.1 Å². The first kappa shape index (κ1) is 16.4. The number of amides is 1. The maximum absolute atomic E-state index is 13.0. The quantitative estimate of drug-likeness (QED) is 0.833. The zero-order chi connectivity index (χ0) is 16.4. The Morgan fingerprint density at radius 2 is 2.09 bits per heavy atom. The van der Waals surface area contributed by atoms with Crippen LogP contribution in [0, 0.1) is 17.2 Å². The molecular formula is C18H25FN2O2. The molecule has 0 saturated carbocycles. The predicted molar refractivity (Wildman–Crippen MR) is 86.6 cm³/mol. The van der Waals surface area contributed by atoms with Gasteiger partial charge in [0.1, 0.15) is 5.82 Å². The highest BCUT2D eigenvalue weighted by atomic mass is 19.1. The molecule has 0 unspecified atom stereocenters. The van der Waals surface area contributed by atoms with Crippen molar-refractivity contribution in [1.29, 1.82) is 0 Å². The molecule has 0 radical (unpaired) electrons. The van der Waals surface area contributed by atoms with Crippen LogP contribution in [-0.2, 0) is 16.0 Å². The molecule has 2 fully saturated rings. The van der Waals surface area contributed by atoms with Crippen LogP contribution in [0.1, 0.15) is 12.5 Å². The highest BCUT2D eigenvalue weighted by Crippen LogP contribution is 2.37. The number of ether oxygens (including phenoxy) is 1. The molecule has 0 N–H and O–H groups in total. The number of hydrogen-bond acceptors (Lipinski definition) is 3. The molecule has 2 aliphatic heterocycles. The number of benzene rings is 1. The van der Waals surface area contributed by atoms with Gasteiger partial charge in [-0.3, -0.25) is 4.79 Å². The third-order valence-corrected chi connectivity index (χ3v) is 5.24. The van der Waals surface area contributed by atoms with Gasteiger partial charge >= 0.3 is 0 Å². The van der Waals surface area contributed by atoms with E-state index in [0.717, 1.165) is 31.8 Å². The Bertz CT molecular complexity index is 563. The summed E-state index contributed by atoms with van der Waals surface area (Å²) < 4.78 is 18.8. The second-order valence-corrected chi connectivity index (χ2v) is 7.13. The second kappa shape index (κ2) is 6.57. The molecule has 1 aromatic carbocycles. The van der Waals surface area contributed by atoms with Gasteiger partial charge in [-0.2, -0.15) is 0 Å². The van der Waals surface area contributed by atoms with E-state index < -0.39 is 0 Å². The van der Waals surface area contributed by atoms with Crippen LogP contribution in [-0.4, -0.2) is 62.1 Å². The summed E-state index contributed by atoms with van der Waals surface area (Å²) in [5.41, 5.74) is 0.885. The number of nitrogens with zero attached hydrogens (tertiary/aromatic N) is 2. The van der Waals surface area contributed by atoms with Crippen molar-refractivity contribution in [2.75, 3.05) is 46.4 Å². The lowest BCUT2D eigenvalue weighted by atomic mass is 9.79. The van der Waals surface area contributed by atoms with E-state index in [4.69, 9.17) is 4.74 Å². The average Bonchev–Trinajstić information content (AvgIpc) is 2.68. The summed E-state index contributed by atoms with van der Waals surface area (Å²) >= 11 is 0. The molecule has 2 atom stereocenters. The highest BCUT2D eigenvalue weighted by molar-refractivity contribution is 5.78. The summed E-state index contributed by atoms with van der Waals surface area (Å²) in [4.78, 5) is 17.0. The van der Waals surface area contributed by atoms with Gasteiger partial charge in [0.05, 0.1) is 19.6 Å². The van der Waals surface area contributed by atoms with Crippen LogP contribution in [0.15, 0.2) is 24.3 Å². The molecule has 0 aromatic heterocycles. The maximum atomic E-state index is 13.0. The van der Waals surface area contributed by atoms with E-state index >= 15 is 0 Å². The Labute approximate surface area is 137 Å². The van der Waals surface area contributed by atoms with Crippen molar-refractivity contribution in [3.05, 3.63) is 35.6 Å². The number of rotatable bonds is 2. The number of carbonyl (C=O) groups excluding carboxylic acids is 1. The van der Waals surface area contributed by atoms with Gasteiger partial charge in [0, 0.05) is 31.6 Å². The Hall–Kier alpha value is -1.46. The summed E-state index contributed by atoms with van der Waals surface area (Å²) in [6.45, 7) is 6.96. The van der Waals surface area contributed by atoms with Crippen molar-refractivity contribution < 1.29 is 13.9 Å². The zero-order valence-electron chi connectivity index (χ0n) is 13.9. The van der Waals surface area contributed by atoms with Gasteiger partial charge in [0.15, 0.2) is 0 Å². The molecule has 2 saturated heterocycles. The first-order valence-electron chi connectivity index (χ1n) is 8.27. The SMILES string of the molecule is C[C@@H]1CN(C)C[C@]12COCCN(C(=O)Cc1ccc(F)cc1)C2. The van der Waals surface area contributed by atoms with E-state index in [9.17, 15) is 9.18 Å². The first-order valence-corrected chi connectivity index (χ1v) is 8.27. The number of likely N-dealkylation sites (tertiary alicyclic amines) is 1. The van der Waals surface area contributed by atoms with Crippen molar-refractivity contribution in [1.82, 2.24) is 9.80 Å². The summed E-state index contributed by atoms with van der Waals surface area (Å²) in [5, 5.41) is 0. The molecule has 5 heteroatoms. The third-order valence-electron chi connectivity index (χ3n) is 5.24. The summed E-state index contributed by atoms with van der Waals surface area (Å²) in [6.07, 6.45) is 0.320. The summed E-state index contributed by atoms with van der Waals surface area (Å²) in [7, 11) is 2.13. The fourth-order valence-electron chi connectivity index (χ4n) is 3.87. The van der Waals surface area contributed by atoms with Crippen molar-refractivity contribution in [2.45, 2.75) is 13.3 Å². The smallest absolute Gasteiger partial charge is 0.227 e. The van der Waals surface area contributed by atoms with Crippen LogP contribution < -0.4 is 0 Å². The lowest BCUT2D eigenvalue weighted by Crippen LogP contribution is -2.46. The van der Waals surface area contributed by atoms with Crippen LogP contribution in [0.25, 0.3) is 0 Å². The van der Waals surface area contributed by atoms with Crippen LogP contribution >= 0.6 is 0 Å². The van der Waals surface area contributed by atoms with Crippen molar-refractivity contribution in [3.8, 4) is 0 Å². The minimum absolute atomic E-state index is 0.0315. The Kier molecular flexibility index (Phi) is 4.69. The third kappa shape index (κ3) is 3.56. The lowest BCUT2D eigenvalue weighted by Gasteiger charge is -2.35. The predicted octanol–water partition coefficient (Wildman–Crippen LogP) is 1.79. The Morgan fingerprint density at radius 3 is 2.74 bits per heavy atom. The second-order valence-electron chi connectivity index (χ2n) is 7.13. The summed E-state index contributed by atoms with van der Waals surface area (Å²) in [5.74, 6) is 0.334. The standard InChI is InChI=1S/C18H25FN2O2/c1-14-10-20(2)11-18(14)12-21(7-8-23-13-18)17(22)9-15-3-5-16(19)6-4-15/h3-6,14H,7-13H2,1-2H3/t14-,18+/m1/s1. The first-order chi connectivity index (χ1) is 11.0. The average molecular weight is 320 g/mol. The molecule has 126 valence electrons. The molecule has 1 amide bonds. The van der Waals surface area contributed by atoms with Gasteiger partial charge in [-0.05, 0) is 30.7 Å². The van der Waals surface area contributed by atoms with Crippen LogP contribution in [0.2, 0.25) is 0 Å². The van der Waals surface area contributed by atoms with E-state index in [2.05, 4.69) is 18.9 Å². The number of hydrogen-bond donors (Lipinski definition) is 0. The number of halogens is 1. The van der Waals surface area contributed by atoms with Crippen LogP contribution in [0.3, 0.4) is 0 Å². The van der Waals surface area contributed by atoms with Gasteiger partial charge in [-0.25, -0.2) is 4.39 Å². The van der Waals surface area contributed by atoms with E-state index in [1.54, 1.807) is 12.1 Å². The van der Waals surface area contributed by atoms with Gasteiger partial charge in [0.2, 0.25) is 5.91 Å². The monoisotopic (exact) mass is 320 g/mol. The van der Waals surface area contributed by atoms with E-state index in [-0.39, 0.29) is 17.1 Å². The molecule has 0 bridgehead atoms. The largest absolute Gasteiger partial charge is 0.379 e. The normalized spacial score (nSPS) is 29.0. The minimum Gasteiger partial charge on any atom is -0.379 e. The van der Waals surface area contributed by atoms with Gasteiger partial charge in [-0.15, -0.1) is 0 Å². The van der Waals surface area contributed by atoms with Crippen LogP contribution in [0.5, 0.6) is 0 Å². The molecule has 2 aliphatic rings. The van der Waals surface area contributed by atoms with Crippen LogP contribution in [0.4, 0.5) is 4.39 Å². The molecule has 1 aromatic rings. The number of carbonyl (C=O) groups is 1. The van der Waals surface area contributed by atoms with Gasteiger partial charge < -0.3 is 14.5 Å². The maximum Gasteiger partial charge on any atom is 0.227 e. The summed E-state index contributed by atoms with van der Waals surface area (Å²) in [6, 6.07) is 6.18. The highest BCUT2D eigenvalue weighted by Gasteiger charge is 2.46. The van der Waals surface area contributed by atoms with E-state index in [0.29, 0.717) is 25.5 Å². The molecule has 2 heterocycles. The lowest BCUT2D eigenvalue weighted by molar-refractivity contribution is -0.131. The molecule has 23 heavy (non-hydrogen) atoms. The fraction of sp³-hybridized carbons (Fsp3) is 0.611. The van der Waals surface area contributed by atoms with E-state index in [1.807, 2.05) is 4.90 Å². The molecule has 1 spiro atoms. The Balaban J connectivity index is 1.70. The minimum atomic E-state index is -0.272. The van der Waals surface area contributed by atoms with Gasteiger partial charge in [0.25, 0.3) is 0 Å². The zero-order valence-corrected chi connectivity index (χ0v) is 13.9. The van der Waals surface area contributed by atoms with Crippen molar-refractivity contribution in [3.63, 3.8) is 0 Å².